The van der Waals surface area contributed by atoms with Crippen molar-refractivity contribution in [3.8, 4) is 0 Å². The molecule has 0 radical (unpaired) electrons. The van der Waals surface area contributed by atoms with Crippen molar-refractivity contribution in [3.63, 3.8) is 0 Å². The van der Waals surface area contributed by atoms with E-state index in [4.69, 9.17) is 17.3 Å². The van der Waals surface area contributed by atoms with Gasteiger partial charge in [0.1, 0.15) is 0 Å². The highest BCUT2D eigenvalue weighted by Crippen LogP contribution is 2.29. The Morgan fingerprint density at radius 1 is 1.10 bits per heavy atom. The molecule has 1 aromatic carbocycles. The third kappa shape index (κ3) is 5.51. The lowest BCUT2D eigenvalue weighted by Crippen LogP contribution is -2.62. The average Bonchev–Trinajstić information content (AvgIpc) is 3.18. The molecule has 0 spiro atoms. The summed E-state index contributed by atoms with van der Waals surface area (Å²) in [6, 6.07) is 10.1. The molecule has 8 heteroatoms. The maximum atomic E-state index is 6.12. The maximum Gasteiger partial charge on any atom is 0.226 e. The summed E-state index contributed by atoms with van der Waals surface area (Å²) in [5.74, 6) is 1.89. The fourth-order valence-corrected chi connectivity index (χ4v) is 5.38. The summed E-state index contributed by atoms with van der Waals surface area (Å²) in [4.78, 5) is 10.7. The van der Waals surface area contributed by atoms with Gasteiger partial charge in [0.25, 0.3) is 0 Å². The molecule has 0 bridgehead atoms. The minimum atomic E-state index is 0.385. The number of nitrogens with one attached hydrogen (secondary N) is 1. The fraction of sp³-hybridized carbons (Fsp3) is 0.652. The SMILES string of the molecule is CC(C)CC1CN(C2CCN(c3nnc(N)[nH]3)CC2)[C@@H](Cc2ccc(Cl)cc2)CN1C. The van der Waals surface area contributed by atoms with Crippen LogP contribution in [0.3, 0.4) is 0 Å². The summed E-state index contributed by atoms with van der Waals surface area (Å²) in [6.45, 7) is 8.88. The number of hydrogen-bond donors (Lipinski definition) is 2. The smallest absolute Gasteiger partial charge is 0.226 e. The summed E-state index contributed by atoms with van der Waals surface area (Å²) in [5.41, 5.74) is 7.09. The number of aromatic amines is 1. The maximum absolute atomic E-state index is 6.12. The van der Waals surface area contributed by atoms with Gasteiger partial charge in [-0.15, -0.1) is 10.2 Å². The molecular weight excluding hydrogens is 410 g/mol. The summed E-state index contributed by atoms with van der Waals surface area (Å²) in [7, 11) is 2.30. The van der Waals surface area contributed by atoms with Crippen LogP contribution in [-0.4, -0.2) is 76.3 Å². The van der Waals surface area contributed by atoms with Crippen LogP contribution in [0.25, 0.3) is 0 Å². The average molecular weight is 446 g/mol. The number of hydrogen-bond acceptors (Lipinski definition) is 6. The molecule has 2 saturated heterocycles. The fourth-order valence-electron chi connectivity index (χ4n) is 5.26. The van der Waals surface area contributed by atoms with Crippen molar-refractivity contribution in [2.24, 2.45) is 5.92 Å². The number of anilines is 2. The van der Waals surface area contributed by atoms with Gasteiger partial charge in [-0.25, -0.2) is 0 Å². The van der Waals surface area contributed by atoms with Gasteiger partial charge in [-0.3, -0.25) is 9.88 Å². The van der Waals surface area contributed by atoms with E-state index in [1.165, 1.54) is 12.0 Å². The topological polar surface area (TPSA) is 77.3 Å². The normalized spacial score (nSPS) is 24.2. The molecule has 4 rings (SSSR count). The standard InChI is InChI=1S/C23H36ClN7/c1-16(2)12-20-15-31(19-8-10-30(11-9-19)23-26-22(25)27-28-23)21(14-29(20)3)13-17-4-6-18(24)7-5-17/h4-7,16,19-21H,8-15H2,1-3H3,(H3,25,26,27,28)/t20?,21-/m0/s1. The minimum Gasteiger partial charge on any atom is -0.368 e. The molecule has 0 aliphatic carbocycles. The van der Waals surface area contributed by atoms with Gasteiger partial charge in [-0.2, -0.15) is 0 Å². The Bertz CT molecular complexity index is 829. The van der Waals surface area contributed by atoms with Gasteiger partial charge < -0.3 is 15.5 Å². The molecule has 1 aromatic heterocycles. The Morgan fingerprint density at radius 2 is 1.81 bits per heavy atom. The van der Waals surface area contributed by atoms with Crippen LogP contribution < -0.4 is 10.6 Å². The van der Waals surface area contributed by atoms with Crippen LogP contribution in [0.1, 0.15) is 38.7 Å². The van der Waals surface area contributed by atoms with Crippen molar-refractivity contribution >= 4 is 23.5 Å². The van der Waals surface area contributed by atoms with E-state index < -0.39 is 0 Å². The van der Waals surface area contributed by atoms with E-state index >= 15 is 0 Å². The molecule has 3 heterocycles. The highest BCUT2D eigenvalue weighted by Gasteiger charge is 2.37. The number of likely N-dealkylation sites (N-methyl/N-ethyl adjacent to an activating group) is 1. The molecule has 2 aromatic rings. The first-order chi connectivity index (χ1) is 14.9. The zero-order valence-corrected chi connectivity index (χ0v) is 19.7. The zero-order valence-electron chi connectivity index (χ0n) is 19.0. The molecule has 2 aliphatic rings. The Kier molecular flexibility index (Phi) is 7.04. The van der Waals surface area contributed by atoms with Crippen molar-refractivity contribution in [2.75, 3.05) is 43.9 Å². The van der Waals surface area contributed by atoms with Crippen molar-refractivity contribution in [1.29, 1.82) is 0 Å². The molecule has 1 unspecified atom stereocenters. The van der Waals surface area contributed by atoms with Crippen molar-refractivity contribution in [3.05, 3.63) is 34.9 Å². The van der Waals surface area contributed by atoms with Gasteiger partial charge >= 0.3 is 0 Å². The van der Waals surface area contributed by atoms with Gasteiger partial charge in [-0.1, -0.05) is 37.6 Å². The number of benzene rings is 1. The van der Waals surface area contributed by atoms with Gasteiger partial charge in [-0.05, 0) is 56.3 Å². The quantitative estimate of drug-likeness (QED) is 0.710. The van der Waals surface area contributed by atoms with Gasteiger partial charge in [0.2, 0.25) is 11.9 Å². The van der Waals surface area contributed by atoms with Crippen LogP contribution in [0.5, 0.6) is 0 Å². The summed E-state index contributed by atoms with van der Waals surface area (Å²) in [5, 5.41) is 8.90. The van der Waals surface area contributed by atoms with Gasteiger partial charge in [0, 0.05) is 49.3 Å². The summed E-state index contributed by atoms with van der Waals surface area (Å²) >= 11 is 6.12. The predicted molar refractivity (Wildman–Crippen MR) is 128 cm³/mol. The lowest BCUT2D eigenvalue weighted by Gasteiger charge is -2.50. The van der Waals surface area contributed by atoms with E-state index in [0.29, 0.717) is 30.0 Å². The number of aromatic nitrogens is 3. The molecule has 2 atom stereocenters. The summed E-state index contributed by atoms with van der Waals surface area (Å²) < 4.78 is 0. The van der Waals surface area contributed by atoms with Crippen molar-refractivity contribution < 1.29 is 0 Å². The highest BCUT2D eigenvalue weighted by atomic mass is 35.5. The van der Waals surface area contributed by atoms with Crippen LogP contribution in [0.15, 0.2) is 24.3 Å². The molecule has 3 N–H and O–H groups in total. The first-order valence-corrected chi connectivity index (χ1v) is 11.9. The molecule has 31 heavy (non-hydrogen) atoms. The number of nitrogens with zero attached hydrogens (tertiary/aromatic N) is 5. The minimum absolute atomic E-state index is 0.385. The Labute approximate surface area is 190 Å². The second-order valence-corrected chi connectivity index (χ2v) is 10.1. The molecule has 170 valence electrons. The molecule has 0 saturated carbocycles. The van der Waals surface area contributed by atoms with Crippen LogP contribution in [0.2, 0.25) is 5.02 Å². The van der Waals surface area contributed by atoms with Crippen LogP contribution in [-0.2, 0) is 6.42 Å². The molecule has 2 aliphatic heterocycles. The number of piperazine rings is 1. The number of halogens is 1. The second-order valence-electron chi connectivity index (χ2n) is 9.66. The van der Waals surface area contributed by atoms with Crippen molar-refractivity contribution in [2.45, 2.75) is 57.7 Å². The summed E-state index contributed by atoms with van der Waals surface area (Å²) in [6.07, 6.45) is 4.58. The molecular formula is C23H36ClN7. The molecule has 7 nitrogen and oxygen atoms in total. The lowest BCUT2D eigenvalue weighted by molar-refractivity contribution is 0.00104. The number of piperidine rings is 1. The van der Waals surface area contributed by atoms with Gasteiger partial charge in [0.15, 0.2) is 0 Å². The second kappa shape index (κ2) is 9.76. The number of nitrogen functional groups attached to an aromatic ring is 1. The number of rotatable bonds is 6. The lowest BCUT2D eigenvalue weighted by atomic mass is 9.91. The number of H-pyrrole nitrogens is 1. The first kappa shape index (κ1) is 22.4. The van der Waals surface area contributed by atoms with E-state index in [-0.39, 0.29) is 0 Å². The van der Waals surface area contributed by atoms with Crippen molar-refractivity contribution in [1.82, 2.24) is 25.0 Å². The first-order valence-electron chi connectivity index (χ1n) is 11.5. The third-order valence-corrected chi connectivity index (χ3v) is 7.12. The predicted octanol–water partition coefficient (Wildman–Crippen LogP) is 3.28. The van der Waals surface area contributed by atoms with E-state index in [9.17, 15) is 0 Å². The number of nitrogens with two attached hydrogens (primary N) is 1. The largest absolute Gasteiger partial charge is 0.368 e. The van der Waals surface area contributed by atoms with Gasteiger partial charge in [0.05, 0.1) is 0 Å². The van der Waals surface area contributed by atoms with Crippen LogP contribution >= 0.6 is 11.6 Å². The van der Waals surface area contributed by atoms with Crippen LogP contribution in [0, 0.1) is 5.92 Å². The van der Waals surface area contributed by atoms with Crippen LogP contribution in [0.4, 0.5) is 11.9 Å². The van der Waals surface area contributed by atoms with E-state index in [0.717, 1.165) is 56.4 Å². The Morgan fingerprint density at radius 3 is 2.42 bits per heavy atom. The van der Waals surface area contributed by atoms with E-state index in [1.54, 1.807) is 0 Å². The molecule has 0 amide bonds. The van der Waals surface area contributed by atoms with E-state index in [1.807, 2.05) is 12.1 Å². The zero-order chi connectivity index (χ0) is 22.0. The Balaban J connectivity index is 1.46. The third-order valence-electron chi connectivity index (χ3n) is 6.87. The Hall–Kier alpha value is -1.83. The monoisotopic (exact) mass is 445 g/mol. The van der Waals surface area contributed by atoms with E-state index in [2.05, 4.69) is 62.9 Å². The highest BCUT2D eigenvalue weighted by molar-refractivity contribution is 6.30. The molecule has 2 fully saturated rings.